The second kappa shape index (κ2) is 13.5. The maximum atomic E-state index is 12.5. The predicted molar refractivity (Wildman–Crippen MR) is 135 cm³/mol. The van der Waals surface area contributed by atoms with Gasteiger partial charge in [-0.3, -0.25) is 4.79 Å². The van der Waals surface area contributed by atoms with Gasteiger partial charge in [0.1, 0.15) is 5.75 Å². The lowest BCUT2D eigenvalue weighted by molar-refractivity contribution is -0.120. The Balaban J connectivity index is 1.44. The predicted octanol–water partition coefficient (Wildman–Crippen LogP) is 3.77. The van der Waals surface area contributed by atoms with Crippen molar-refractivity contribution in [3.8, 4) is 5.75 Å². The molecule has 0 radical (unpaired) electrons. The summed E-state index contributed by atoms with van der Waals surface area (Å²) in [5.41, 5.74) is 3.22. The zero-order valence-electron chi connectivity index (χ0n) is 20.3. The maximum Gasteiger partial charge on any atom is 0.224 e. The molecule has 2 aromatic rings. The first-order chi connectivity index (χ1) is 16.4. The topological polar surface area (TPSA) is 102 Å². The normalized spacial score (nSPS) is 16.6. The Morgan fingerprint density at radius 2 is 1.79 bits per heavy atom. The number of nitrogens with one attached hydrogen (secondary N) is 2. The SMILES string of the molecule is CC(Cc1cccc(CC(=O)NCC2CCCCCC2)c1)NC[C@@H](O)c1ccc(O)c(CO)c1. The smallest absolute Gasteiger partial charge is 0.224 e. The molecule has 1 unspecified atom stereocenters. The molecule has 0 bridgehead atoms. The van der Waals surface area contributed by atoms with Crippen molar-refractivity contribution in [2.45, 2.75) is 77.0 Å². The third-order valence-corrected chi connectivity index (χ3v) is 6.78. The number of carbonyl (C=O) groups excluding carboxylic acids is 1. The molecule has 0 spiro atoms. The molecule has 2 atom stereocenters. The van der Waals surface area contributed by atoms with Crippen LogP contribution < -0.4 is 10.6 Å². The molecule has 3 rings (SSSR count). The summed E-state index contributed by atoms with van der Waals surface area (Å²) in [6.07, 6.45) is 8.11. The Labute approximate surface area is 203 Å². The van der Waals surface area contributed by atoms with E-state index in [9.17, 15) is 20.1 Å². The van der Waals surface area contributed by atoms with E-state index < -0.39 is 6.10 Å². The van der Waals surface area contributed by atoms with Crippen LogP contribution in [0.1, 0.15) is 73.8 Å². The lowest BCUT2D eigenvalue weighted by atomic mass is 10.00. The molecule has 6 nitrogen and oxygen atoms in total. The first-order valence-corrected chi connectivity index (χ1v) is 12.6. The molecule has 1 saturated carbocycles. The molecule has 0 heterocycles. The zero-order chi connectivity index (χ0) is 24.3. The summed E-state index contributed by atoms with van der Waals surface area (Å²) >= 11 is 0. The first kappa shape index (κ1) is 26.2. The summed E-state index contributed by atoms with van der Waals surface area (Å²) in [5.74, 6) is 0.737. The van der Waals surface area contributed by atoms with Crippen LogP contribution in [0.4, 0.5) is 0 Å². The Morgan fingerprint density at radius 3 is 2.53 bits per heavy atom. The molecule has 2 aromatic carbocycles. The summed E-state index contributed by atoms with van der Waals surface area (Å²) in [7, 11) is 0. The van der Waals surface area contributed by atoms with Crippen molar-refractivity contribution in [2.24, 2.45) is 5.92 Å². The molecule has 0 aromatic heterocycles. The minimum Gasteiger partial charge on any atom is -0.508 e. The van der Waals surface area contributed by atoms with Gasteiger partial charge in [0.05, 0.1) is 19.1 Å². The van der Waals surface area contributed by atoms with Crippen molar-refractivity contribution in [3.05, 3.63) is 64.7 Å². The Kier molecular flexibility index (Phi) is 10.4. The van der Waals surface area contributed by atoms with Gasteiger partial charge in [0, 0.05) is 24.7 Å². The van der Waals surface area contributed by atoms with Crippen molar-refractivity contribution in [3.63, 3.8) is 0 Å². The quantitative estimate of drug-likeness (QED) is 0.323. The minimum absolute atomic E-state index is 0.0257. The average Bonchev–Trinajstić information content (AvgIpc) is 3.11. The van der Waals surface area contributed by atoms with E-state index in [-0.39, 0.29) is 24.3 Å². The van der Waals surface area contributed by atoms with Crippen LogP contribution in [-0.4, -0.2) is 40.4 Å². The monoisotopic (exact) mass is 468 g/mol. The summed E-state index contributed by atoms with van der Waals surface area (Å²) in [6, 6.07) is 13.1. The van der Waals surface area contributed by atoms with Crippen LogP contribution in [0.15, 0.2) is 42.5 Å². The van der Waals surface area contributed by atoms with Gasteiger partial charge in [-0.2, -0.15) is 0 Å². The van der Waals surface area contributed by atoms with Gasteiger partial charge in [0.2, 0.25) is 5.91 Å². The second-order valence-electron chi connectivity index (χ2n) is 9.73. The highest BCUT2D eigenvalue weighted by atomic mass is 16.3. The van der Waals surface area contributed by atoms with Crippen LogP contribution in [0.3, 0.4) is 0 Å². The van der Waals surface area contributed by atoms with Crippen LogP contribution in [-0.2, 0) is 24.2 Å². The van der Waals surface area contributed by atoms with Crippen LogP contribution in [0, 0.1) is 5.92 Å². The number of aromatic hydroxyl groups is 1. The standard InChI is InChI=1S/C28H40N2O4/c1-20(29-18-27(33)24-11-12-26(32)25(16-24)19-31)13-22-9-6-10-23(14-22)15-28(34)30-17-21-7-4-2-3-5-8-21/h6,9-12,14,16,20-21,27,29,31-33H,2-5,7-8,13,15,17-19H2,1H3,(H,30,34)/t20?,27-/m1/s1. The molecule has 1 amide bonds. The Morgan fingerprint density at radius 1 is 1.06 bits per heavy atom. The van der Waals surface area contributed by atoms with Crippen molar-refractivity contribution in [1.29, 1.82) is 0 Å². The van der Waals surface area contributed by atoms with Crippen molar-refractivity contribution >= 4 is 5.91 Å². The second-order valence-corrected chi connectivity index (χ2v) is 9.73. The molecule has 5 N–H and O–H groups in total. The fourth-order valence-corrected chi connectivity index (χ4v) is 4.74. The molecular weight excluding hydrogens is 428 g/mol. The largest absolute Gasteiger partial charge is 0.508 e. The molecule has 0 saturated heterocycles. The number of phenols is 1. The van der Waals surface area contributed by atoms with Gasteiger partial charge >= 0.3 is 0 Å². The Hall–Kier alpha value is -2.41. The molecule has 1 fully saturated rings. The molecule has 34 heavy (non-hydrogen) atoms. The number of hydrogen-bond donors (Lipinski definition) is 5. The van der Waals surface area contributed by atoms with Gasteiger partial charge in [0.25, 0.3) is 0 Å². The van der Waals surface area contributed by atoms with E-state index >= 15 is 0 Å². The van der Waals surface area contributed by atoms with E-state index in [1.165, 1.54) is 44.6 Å². The first-order valence-electron chi connectivity index (χ1n) is 12.6. The molecule has 1 aliphatic carbocycles. The number of rotatable bonds is 11. The highest BCUT2D eigenvalue weighted by molar-refractivity contribution is 5.78. The summed E-state index contributed by atoms with van der Waals surface area (Å²) < 4.78 is 0. The Bertz CT molecular complexity index is 909. The van der Waals surface area contributed by atoms with E-state index in [2.05, 4.69) is 29.7 Å². The lowest BCUT2D eigenvalue weighted by Gasteiger charge is -2.18. The van der Waals surface area contributed by atoms with Gasteiger partial charge in [-0.1, -0.05) is 56.0 Å². The number of amides is 1. The van der Waals surface area contributed by atoms with Gasteiger partial charge < -0.3 is 26.0 Å². The van der Waals surface area contributed by atoms with E-state index in [0.29, 0.717) is 30.0 Å². The third kappa shape index (κ3) is 8.42. The maximum absolute atomic E-state index is 12.5. The van der Waals surface area contributed by atoms with Gasteiger partial charge in [-0.05, 0) is 60.9 Å². The fraction of sp³-hybridized carbons (Fsp3) is 0.536. The van der Waals surface area contributed by atoms with Crippen LogP contribution >= 0.6 is 0 Å². The van der Waals surface area contributed by atoms with Gasteiger partial charge in [0.15, 0.2) is 0 Å². The number of aliphatic hydroxyl groups excluding tert-OH is 2. The van der Waals surface area contributed by atoms with Crippen molar-refractivity contribution < 1.29 is 20.1 Å². The van der Waals surface area contributed by atoms with E-state index in [1.807, 2.05) is 12.1 Å². The number of hydrogen-bond acceptors (Lipinski definition) is 5. The van der Waals surface area contributed by atoms with Crippen LogP contribution in [0.2, 0.25) is 0 Å². The molecular formula is C28H40N2O4. The number of benzene rings is 2. The summed E-state index contributed by atoms with van der Waals surface area (Å²) in [4.78, 5) is 12.5. The van der Waals surface area contributed by atoms with Crippen molar-refractivity contribution in [2.75, 3.05) is 13.1 Å². The van der Waals surface area contributed by atoms with E-state index in [0.717, 1.165) is 24.1 Å². The molecule has 186 valence electrons. The fourth-order valence-electron chi connectivity index (χ4n) is 4.74. The highest BCUT2D eigenvalue weighted by Gasteiger charge is 2.15. The van der Waals surface area contributed by atoms with Crippen LogP contribution in [0.25, 0.3) is 0 Å². The summed E-state index contributed by atoms with van der Waals surface area (Å²) in [5, 5.41) is 36.0. The number of aliphatic hydroxyl groups is 2. The van der Waals surface area contributed by atoms with Gasteiger partial charge in [-0.15, -0.1) is 0 Å². The third-order valence-electron chi connectivity index (χ3n) is 6.78. The van der Waals surface area contributed by atoms with Crippen LogP contribution in [0.5, 0.6) is 5.75 Å². The average molecular weight is 469 g/mol. The molecule has 6 heteroatoms. The number of carbonyl (C=O) groups is 1. The highest BCUT2D eigenvalue weighted by Crippen LogP contribution is 2.23. The molecule has 0 aliphatic heterocycles. The lowest BCUT2D eigenvalue weighted by Crippen LogP contribution is -2.32. The van der Waals surface area contributed by atoms with E-state index in [1.54, 1.807) is 12.1 Å². The summed E-state index contributed by atoms with van der Waals surface area (Å²) in [6.45, 7) is 2.95. The minimum atomic E-state index is -0.739. The zero-order valence-corrected chi connectivity index (χ0v) is 20.3. The van der Waals surface area contributed by atoms with Crippen molar-refractivity contribution in [1.82, 2.24) is 10.6 Å². The van der Waals surface area contributed by atoms with Gasteiger partial charge in [-0.25, -0.2) is 0 Å². The van der Waals surface area contributed by atoms with E-state index in [4.69, 9.17) is 0 Å². The molecule has 1 aliphatic rings.